The van der Waals surface area contributed by atoms with Gasteiger partial charge in [0.1, 0.15) is 5.82 Å². The molecule has 1 aliphatic heterocycles. The molecule has 6 nitrogen and oxygen atoms in total. The summed E-state index contributed by atoms with van der Waals surface area (Å²) >= 11 is 0. The molecule has 2 aromatic heterocycles. The summed E-state index contributed by atoms with van der Waals surface area (Å²) in [6, 6.07) is 10.8. The average Bonchev–Trinajstić information content (AvgIpc) is 3.38. The number of aryl methyl sites for hydroxylation is 1. The van der Waals surface area contributed by atoms with Crippen LogP contribution >= 0.6 is 0 Å². The Bertz CT molecular complexity index is 980. The van der Waals surface area contributed by atoms with Gasteiger partial charge >= 0.3 is 0 Å². The minimum atomic E-state index is -0.00224. The summed E-state index contributed by atoms with van der Waals surface area (Å²) < 4.78 is 0. The lowest BCUT2D eigenvalue weighted by Crippen LogP contribution is -2.39. The quantitative estimate of drug-likeness (QED) is 0.735. The van der Waals surface area contributed by atoms with Gasteiger partial charge in [0.15, 0.2) is 0 Å². The zero-order valence-corrected chi connectivity index (χ0v) is 16.1. The van der Waals surface area contributed by atoms with Gasteiger partial charge in [0, 0.05) is 24.5 Å². The molecule has 5 rings (SSSR count). The smallest absolute Gasteiger partial charge is 0.253 e. The van der Waals surface area contributed by atoms with E-state index < -0.39 is 0 Å². The van der Waals surface area contributed by atoms with E-state index in [-0.39, 0.29) is 11.9 Å². The molecular formula is C22H25N5O. The van der Waals surface area contributed by atoms with Crippen molar-refractivity contribution in [3.05, 3.63) is 59.7 Å². The molecule has 0 bridgehead atoms. The molecule has 3 aromatic rings. The second-order valence-electron chi connectivity index (χ2n) is 8.10. The standard InChI is InChI=1S/C22H25N5O/c1-14-10-15(12-23-11-14)22(28)26-17-6-7-20-16(17)8-9-27(20)13-21-24-18-4-2-3-5-19(18)25-21/h2-5,10-12,16-17,20H,6-9,13H2,1H3,(H,24,25)(H,26,28)/t16-,17-,20+/m0/s1. The number of hydrogen-bond acceptors (Lipinski definition) is 4. The molecule has 3 atom stereocenters. The van der Waals surface area contributed by atoms with E-state index in [0.29, 0.717) is 17.5 Å². The maximum absolute atomic E-state index is 12.6. The molecule has 0 radical (unpaired) electrons. The number of imidazole rings is 1. The highest BCUT2D eigenvalue weighted by Gasteiger charge is 2.44. The average molecular weight is 375 g/mol. The van der Waals surface area contributed by atoms with Crippen molar-refractivity contribution < 1.29 is 4.79 Å². The van der Waals surface area contributed by atoms with E-state index >= 15 is 0 Å². The van der Waals surface area contributed by atoms with Crippen molar-refractivity contribution in [2.75, 3.05) is 6.54 Å². The number of aromatic amines is 1. The van der Waals surface area contributed by atoms with Crippen molar-refractivity contribution >= 4 is 16.9 Å². The number of likely N-dealkylation sites (tertiary alicyclic amines) is 1. The van der Waals surface area contributed by atoms with Gasteiger partial charge in [0.05, 0.1) is 23.1 Å². The fourth-order valence-electron chi connectivity index (χ4n) is 4.95. The van der Waals surface area contributed by atoms with Gasteiger partial charge in [-0.1, -0.05) is 12.1 Å². The normalized spacial score (nSPS) is 24.5. The van der Waals surface area contributed by atoms with Crippen molar-refractivity contribution in [2.24, 2.45) is 5.92 Å². The largest absolute Gasteiger partial charge is 0.349 e. The lowest BCUT2D eigenvalue weighted by molar-refractivity contribution is 0.0926. The van der Waals surface area contributed by atoms with E-state index in [1.54, 1.807) is 12.4 Å². The number of amides is 1. The van der Waals surface area contributed by atoms with Crippen LogP contribution < -0.4 is 5.32 Å². The molecule has 144 valence electrons. The van der Waals surface area contributed by atoms with Crippen LogP contribution in [0, 0.1) is 12.8 Å². The van der Waals surface area contributed by atoms with Gasteiger partial charge in [-0.2, -0.15) is 0 Å². The molecule has 1 aromatic carbocycles. The molecule has 0 spiro atoms. The third kappa shape index (κ3) is 3.18. The van der Waals surface area contributed by atoms with Crippen molar-refractivity contribution in [1.82, 2.24) is 25.2 Å². The predicted molar refractivity (Wildman–Crippen MR) is 108 cm³/mol. The minimum absolute atomic E-state index is 0.00224. The molecule has 1 saturated carbocycles. The Labute approximate surface area is 164 Å². The van der Waals surface area contributed by atoms with Crippen LogP contribution in [0.15, 0.2) is 42.7 Å². The Kier molecular flexibility index (Phi) is 4.36. The molecule has 1 aliphatic carbocycles. The first-order valence-corrected chi connectivity index (χ1v) is 10.1. The van der Waals surface area contributed by atoms with Gasteiger partial charge in [-0.3, -0.25) is 14.7 Å². The molecule has 2 N–H and O–H groups in total. The lowest BCUT2D eigenvalue weighted by atomic mass is 9.99. The highest BCUT2D eigenvalue weighted by Crippen LogP contribution is 2.39. The number of nitrogens with zero attached hydrogens (tertiary/aromatic N) is 3. The number of fused-ring (bicyclic) bond motifs is 2. The first kappa shape index (κ1) is 17.4. The summed E-state index contributed by atoms with van der Waals surface area (Å²) in [5.74, 6) is 1.55. The fraction of sp³-hybridized carbons (Fsp3) is 0.409. The van der Waals surface area contributed by atoms with Crippen molar-refractivity contribution in [3.8, 4) is 0 Å². The molecule has 1 saturated heterocycles. The van der Waals surface area contributed by atoms with Gasteiger partial charge in [0.2, 0.25) is 0 Å². The van der Waals surface area contributed by atoms with E-state index in [1.807, 2.05) is 31.2 Å². The molecule has 2 aliphatic rings. The van der Waals surface area contributed by atoms with Crippen molar-refractivity contribution in [1.29, 1.82) is 0 Å². The fourth-order valence-corrected chi connectivity index (χ4v) is 4.95. The van der Waals surface area contributed by atoms with Crippen LogP contribution in [0.1, 0.15) is 41.0 Å². The Hall–Kier alpha value is -2.73. The van der Waals surface area contributed by atoms with Crippen LogP contribution in [0.4, 0.5) is 0 Å². The summed E-state index contributed by atoms with van der Waals surface area (Å²) in [5.41, 5.74) is 3.78. The zero-order chi connectivity index (χ0) is 19.1. The van der Waals surface area contributed by atoms with Crippen LogP contribution in [0.25, 0.3) is 11.0 Å². The minimum Gasteiger partial charge on any atom is -0.349 e. The highest BCUT2D eigenvalue weighted by molar-refractivity contribution is 5.94. The molecule has 2 fully saturated rings. The number of carbonyl (C=O) groups is 1. The number of pyridine rings is 1. The SMILES string of the molecule is Cc1cncc(C(=O)N[C@H]2CC[C@@H]3[C@H]2CCN3Cc2nc3ccccc3[nH]2)c1. The zero-order valence-electron chi connectivity index (χ0n) is 16.1. The maximum atomic E-state index is 12.6. The maximum Gasteiger partial charge on any atom is 0.253 e. The van der Waals surface area contributed by atoms with Crippen LogP contribution in [-0.4, -0.2) is 44.4 Å². The number of benzene rings is 1. The number of aromatic nitrogens is 3. The third-order valence-electron chi connectivity index (χ3n) is 6.25. The summed E-state index contributed by atoms with van der Waals surface area (Å²) in [7, 11) is 0. The van der Waals surface area contributed by atoms with Gasteiger partial charge in [-0.15, -0.1) is 0 Å². The van der Waals surface area contributed by atoms with Crippen LogP contribution in [0.2, 0.25) is 0 Å². The molecular weight excluding hydrogens is 350 g/mol. The highest BCUT2D eigenvalue weighted by atomic mass is 16.1. The summed E-state index contributed by atoms with van der Waals surface area (Å²) in [5, 5.41) is 3.27. The second-order valence-corrected chi connectivity index (χ2v) is 8.10. The Morgan fingerprint density at radius 3 is 3.00 bits per heavy atom. The van der Waals surface area contributed by atoms with E-state index in [0.717, 1.165) is 54.8 Å². The van der Waals surface area contributed by atoms with Crippen molar-refractivity contribution in [2.45, 2.75) is 44.8 Å². The lowest BCUT2D eigenvalue weighted by Gasteiger charge is -2.23. The Morgan fingerprint density at radius 1 is 1.25 bits per heavy atom. The summed E-state index contributed by atoms with van der Waals surface area (Å²) in [6.07, 6.45) is 6.72. The second kappa shape index (κ2) is 7.02. The molecule has 1 amide bonds. The summed E-state index contributed by atoms with van der Waals surface area (Å²) in [4.78, 5) is 27.5. The summed E-state index contributed by atoms with van der Waals surface area (Å²) in [6.45, 7) is 3.87. The molecule has 28 heavy (non-hydrogen) atoms. The number of H-pyrrole nitrogens is 1. The first-order chi connectivity index (χ1) is 13.7. The number of rotatable bonds is 4. The number of nitrogens with one attached hydrogen (secondary N) is 2. The van der Waals surface area contributed by atoms with Crippen LogP contribution in [0.5, 0.6) is 0 Å². The van der Waals surface area contributed by atoms with E-state index in [2.05, 4.69) is 26.3 Å². The van der Waals surface area contributed by atoms with E-state index in [1.165, 1.54) is 0 Å². The molecule has 6 heteroatoms. The van der Waals surface area contributed by atoms with Gasteiger partial charge in [0.25, 0.3) is 5.91 Å². The monoisotopic (exact) mass is 375 g/mol. The van der Waals surface area contributed by atoms with E-state index in [9.17, 15) is 4.79 Å². The topological polar surface area (TPSA) is 73.9 Å². The molecule has 3 heterocycles. The van der Waals surface area contributed by atoms with Gasteiger partial charge in [-0.25, -0.2) is 4.98 Å². The van der Waals surface area contributed by atoms with Crippen LogP contribution in [-0.2, 0) is 6.54 Å². The number of hydrogen-bond donors (Lipinski definition) is 2. The first-order valence-electron chi connectivity index (χ1n) is 10.1. The Morgan fingerprint density at radius 2 is 2.14 bits per heavy atom. The predicted octanol–water partition coefficient (Wildman–Crippen LogP) is 3.05. The Balaban J connectivity index is 1.25. The number of para-hydroxylation sites is 2. The third-order valence-corrected chi connectivity index (χ3v) is 6.25. The van der Waals surface area contributed by atoms with E-state index in [4.69, 9.17) is 4.98 Å². The van der Waals surface area contributed by atoms with Gasteiger partial charge in [-0.05, 0) is 62.4 Å². The van der Waals surface area contributed by atoms with Gasteiger partial charge < -0.3 is 10.3 Å². The number of carbonyl (C=O) groups excluding carboxylic acids is 1. The molecule has 0 unspecified atom stereocenters. The van der Waals surface area contributed by atoms with Crippen LogP contribution in [0.3, 0.4) is 0 Å². The van der Waals surface area contributed by atoms with Crippen molar-refractivity contribution in [3.63, 3.8) is 0 Å².